The summed E-state index contributed by atoms with van der Waals surface area (Å²) in [7, 11) is 3.37. The molecule has 1 unspecified atom stereocenters. The zero-order valence-electron chi connectivity index (χ0n) is 15.4. The SMILES string of the molecule is COc1cccc(C(=O)NC2(C(F)(F)F)C(=O)Nc3c2c(=O)n(C)c(=O)n3C)c1. The van der Waals surface area contributed by atoms with Crippen molar-refractivity contribution in [2.75, 3.05) is 12.4 Å². The number of aromatic nitrogens is 2. The number of hydrogen-bond acceptors (Lipinski definition) is 5. The lowest BCUT2D eigenvalue weighted by molar-refractivity contribution is -0.196. The highest BCUT2D eigenvalue weighted by atomic mass is 19.4. The number of amides is 2. The normalized spacial score (nSPS) is 18.2. The van der Waals surface area contributed by atoms with Gasteiger partial charge < -0.3 is 15.4 Å². The third kappa shape index (κ3) is 2.79. The van der Waals surface area contributed by atoms with Crippen LogP contribution in [0, 0.1) is 0 Å². The number of fused-ring (bicyclic) bond motifs is 1. The number of anilines is 1. The van der Waals surface area contributed by atoms with Crippen LogP contribution in [0.4, 0.5) is 19.0 Å². The van der Waals surface area contributed by atoms with Crippen molar-refractivity contribution in [3.05, 3.63) is 56.2 Å². The van der Waals surface area contributed by atoms with Crippen molar-refractivity contribution in [3.8, 4) is 5.75 Å². The van der Waals surface area contributed by atoms with Crippen LogP contribution in [0.15, 0.2) is 33.9 Å². The Bertz CT molecular complexity index is 1150. The Morgan fingerprint density at radius 3 is 2.41 bits per heavy atom. The molecule has 1 aromatic carbocycles. The lowest BCUT2D eigenvalue weighted by Gasteiger charge is -2.30. The minimum absolute atomic E-state index is 0.202. The summed E-state index contributed by atoms with van der Waals surface area (Å²) in [4.78, 5) is 49.7. The van der Waals surface area contributed by atoms with E-state index < -0.39 is 46.2 Å². The molecule has 0 bridgehead atoms. The number of nitrogens with zero attached hydrogens (tertiary/aromatic N) is 2. The molecule has 0 saturated carbocycles. The fourth-order valence-corrected chi connectivity index (χ4v) is 3.11. The van der Waals surface area contributed by atoms with Crippen LogP contribution in [-0.2, 0) is 24.4 Å². The van der Waals surface area contributed by atoms with Crippen molar-refractivity contribution in [1.82, 2.24) is 14.5 Å². The van der Waals surface area contributed by atoms with E-state index in [0.717, 1.165) is 14.1 Å². The fraction of sp³-hybridized carbons (Fsp3) is 0.294. The van der Waals surface area contributed by atoms with Gasteiger partial charge >= 0.3 is 11.9 Å². The van der Waals surface area contributed by atoms with Gasteiger partial charge in [-0.15, -0.1) is 0 Å². The summed E-state index contributed by atoms with van der Waals surface area (Å²) in [5.74, 6) is -3.39. The lowest BCUT2D eigenvalue weighted by atomic mass is 9.91. The van der Waals surface area contributed by atoms with Gasteiger partial charge in [0.05, 0.1) is 7.11 Å². The Labute approximate surface area is 160 Å². The van der Waals surface area contributed by atoms with Crippen LogP contribution in [0.5, 0.6) is 5.75 Å². The first-order chi connectivity index (χ1) is 13.5. The standard InChI is InChI=1S/C17H15F3N4O5/c1-23-11-10(13(26)24(2)15(23)28)16(14(27)21-11,17(18,19)20)22-12(25)8-5-4-6-9(7-8)29-3/h4-7H,1-3H3,(H,21,27)(H,22,25). The molecule has 0 saturated heterocycles. The van der Waals surface area contributed by atoms with Gasteiger partial charge in [0.1, 0.15) is 17.1 Å². The van der Waals surface area contributed by atoms with Gasteiger partial charge in [-0.3, -0.25) is 23.5 Å². The number of benzene rings is 1. The fourth-order valence-electron chi connectivity index (χ4n) is 3.11. The predicted molar refractivity (Wildman–Crippen MR) is 93.7 cm³/mol. The third-order valence-electron chi connectivity index (χ3n) is 4.67. The van der Waals surface area contributed by atoms with Crippen molar-refractivity contribution < 1.29 is 27.5 Å². The molecule has 29 heavy (non-hydrogen) atoms. The van der Waals surface area contributed by atoms with Crippen LogP contribution in [0.2, 0.25) is 0 Å². The summed E-state index contributed by atoms with van der Waals surface area (Å²) < 4.78 is 48.6. The summed E-state index contributed by atoms with van der Waals surface area (Å²) in [5, 5.41) is 3.56. The molecule has 1 aliphatic rings. The molecule has 12 heteroatoms. The average Bonchev–Trinajstić information content (AvgIpc) is 2.98. The largest absolute Gasteiger partial charge is 0.497 e. The third-order valence-corrected chi connectivity index (χ3v) is 4.67. The van der Waals surface area contributed by atoms with Gasteiger partial charge in [0.15, 0.2) is 0 Å². The van der Waals surface area contributed by atoms with Crippen LogP contribution >= 0.6 is 0 Å². The molecule has 3 rings (SSSR count). The van der Waals surface area contributed by atoms with Crippen LogP contribution in [-0.4, -0.2) is 34.2 Å². The number of carbonyl (C=O) groups excluding carboxylic acids is 2. The number of ether oxygens (including phenoxy) is 1. The Morgan fingerprint density at radius 2 is 1.83 bits per heavy atom. The molecule has 0 aliphatic carbocycles. The molecule has 9 nitrogen and oxygen atoms in total. The molecule has 0 radical (unpaired) electrons. The van der Waals surface area contributed by atoms with Crippen molar-refractivity contribution in [3.63, 3.8) is 0 Å². The molecule has 2 heterocycles. The number of hydrogen-bond donors (Lipinski definition) is 2. The molecule has 154 valence electrons. The maximum atomic E-state index is 14.2. The Balaban J connectivity index is 2.26. The van der Waals surface area contributed by atoms with Crippen LogP contribution in [0.1, 0.15) is 15.9 Å². The van der Waals surface area contributed by atoms with Gasteiger partial charge in [-0.1, -0.05) is 6.07 Å². The average molecular weight is 412 g/mol. The maximum Gasteiger partial charge on any atom is 0.425 e. The van der Waals surface area contributed by atoms with Crippen molar-refractivity contribution in [2.24, 2.45) is 14.1 Å². The second kappa shape index (κ2) is 6.50. The van der Waals surface area contributed by atoms with E-state index in [4.69, 9.17) is 4.74 Å². The second-order valence-electron chi connectivity index (χ2n) is 6.32. The lowest BCUT2D eigenvalue weighted by Crippen LogP contribution is -2.62. The first-order valence-electron chi connectivity index (χ1n) is 8.11. The maximum absolute atomic E-state index is 14.2. The molecule has 0 spiro atoms. The van der Waals surface area contributed by atoms with Gasteiger partial charge in [-0.05, 0) is 18.2 Å². The van der Waals surface area contributed by atoms with Crippen molar-refractivity contribution >= 4 is 17.6 Å². The number of nitrogens with one attached hydrogen (secondary N) is 2. The molecular weight excluding hydrogens is 397 g/mol. The van der Waals surface area contributed by atoms with E-state index in [1.54, 1.807) is 5.32 Å². The van der Waals surface area contributed by atoms with Gasteiger partial charge in [0, 0.05) is 19.7 Å². The van der Waals surface area contributed by atoms with Gasteiger partial charge in [-0.25, -0.2) is 4.79 Å². The number of halogens is 3. The number of rotatable bonds is 3. The molecule has 0 fully saturated rings. The van der Waals surface area contributed by atoms with E-state index in [-0.39, 0.29) is 11.3 Å². The highest BCUT2D eigenvalue weighted by Crippen LogP contribution is 2.45. The van der Waals surface area contributed by atoms with E-state index in [1.807, 2.05) is 5.32 Å². The van der Waals surface area contributed by atoms with Gasteiger partial charge in [0.2, 0.25) is 0 Å². The topological polar surface area (TPSA) is 111 Å². The van der Waals surface area contributed by atoms with Crippen LogP contribution < -0.4 is 26.6 Å². The number of carbonyl (C=O) groups is 2. The van der Waals surface area contributed by atoms with E-state index >= 15 is 0 Å². The van der Waals surface area contributed by atoms with E-state index in [0.29, 0.717) is 9.13 Å². The molecule has 1 aliphatic heterocycles. The van der Waals surface area contributed by atoms with Crippen LogP contribution in [0.3, 0.4) is 0 Å². The van der Waals surface area contributed by atoms with E-state index in [2.05, 4.69) is 0 Å². The van der Waals surface area contributed by atoms with Crippen molar-refractivity contribution in [2.45, 2.75) is 11.7 Å². The highest BCUT2D eigenvalue weighted by molar-refractivity contribution is 6.09. The van der Waals surface area contributed by atoms with E-state index in [9.17, 15) is 32.3 Å². The minimum Gasteiger partial charge on any atom is -0.497 e. The summed E-state index contributed by atoms with van der Waals surface area (Å²) in [6.45, 7) is 0. The molecule has 2 aromatic rings. The summed E-state index contributed by atoms with van der Waals surface area (Å²) in [5.41, 5.74) is -7.29. The van der Waals surface area contributed by atoms with E-state index in [1.165, 1.54) is 31.4 Å². The van der Waals surface area contributed by atoms with Crippen molar-refractivity contribution in [1.29, 1.82) is 0 Å². The second-order valence-corrected chi connectivity index (χ2v) is 6.32. The number of alkyl halides is 3. The summed E-state index contributed by atoms with van der Waals surface area (Å²) in [6.07, 6.45) is -5.39. The quantitative estimate of drug-likeness (QED) is 0.750. The predicted octanol–water partition coefficient (Wildman–Crippen LogP) is 0.232. The molecule has 1 aromatic heterocycles. The summed E-state index contributed by atoms with van der Waals surface area (Å²) >= 11 is 0. The molecular formula is C17H15F3N4O5. The highest BCUT2D eigenvalue weighted by Gasteiger charge is 2.68. The monoisotopic (exact) mass is 412 g/mol. The Morgan fingerprint density at radius 1 is 1.17 bits per heavy atom. The smallest absolute Gasteiger partial charge is 0.425 e. The molecule has 2 amide bonds. The zero-order chi connectivity index (χ0) is 21.7. The zero-order valence-corrected chi connectivity index (χ0v) is 15.4. The first kappa shape index (κ1) is 20.2. The molecule has 2 N–H and O–H groups in total. The Kier molecular flexibility index (Phi) is 4.52. The minimum atomic E-state index is -5.39. The first-order valence-corrected chi connectivity index (χ1v) is 8.11. The van der Waals surface area contributed by atoms with Crippen LogP contribution in [0.25, 0.3) is 0 Å². The van der Waals surface area contributed by atoms with Gasteiger partial charge in [-0.2, -0.15) is 13.2 Å². The Hall–Kier alpha value is -3.57. The number of methoxy groups -OCH3 is 1. The van der Waals surface area contributed by atoms with Gasteiger partial charge in [0.25, 0.3) is 22.9 Å². The summed E-state index contributed by atoms with van der Waals surface area (Å²) in [6, 6.07) is 5.24. The molecule has 1 atom stereocenters.